The van der Waals surface area contributed by atoms with Crippen LogP contribution in [0.1, 0.15) is 11.3 Å². The van der Waals surface area contributed by atoms with Gasteiger partial charge in [0.1, 0.15) is 11.7 Å². The lowest BCUT2D eigenvalue weighted by atomic mass is 10.2. The van der Waals surface area contributed by atoms with Crippen LogP contribution in [0.15, 0.2) is 41.4 Å². The standard InChI is InChI=1S/C16H15N5S.2ClH/c1-10-3-2-4-14(19-10)21-16-20-12-6-5-11(9-13(12)22-16)15-17-7-8-18-15;;/h2-6,9H,7-8H2,1H3,(H,17,18)(H,19,20,21);2*1H. The van der Waals surface area contributed by atoms with E-state index in [0.29, 0.717) is 0 Å². The molecular weight excluding hydrogens is 365 g/mol. The number of halogens is 2. The number of aromatic nitrogens is 2. The van der Waals surface area contributed by atoms with E-state index in [4.69, 9.17) is 0 Å². The van der Waals surface area contributed by atoms with Crippen LogP contribution in [0, 0.1) is 6.92 Å². The average molecular weight is 382 g/mol. The van der Waals surface area contributed by atoms with Crippen LogP contribution < -0.4 is 10.6 Å². The first-order valence-corrected chi connectivity index (χ1v) is 7.99. The molecule has 0 bridgehead atoms. The van der Waals surface area contributed by atoms with E-state index in [1.165, 1.54) is 0 Å². The molecular formula is C16H17Cl2N5S. The lowest BCUT2D eigenvalue weighted by Gasteiger charge is -2.01. The van der Waals surface area contributed by atoms with Crippen molar-refractivity contribution in [2.24, 2.45) is 4.99 Å². The number of anilines is 2. The molecule has 2 aromatic heterocycles. The predicted octanol–water partition coefficient (Wildman–Crippen LogP) is 3.94. The molecule has 1 aromatic carbocycles. The summed E-state index contributed by atoms with van der Waals surface area (Å²) in [5, 5.41) is 7.43. The summed E-state index contributed by atoms with van der Waals surface area (Å²) in [6, 6.07) is 12.2. The summed E-state index contributed by atoms with van der Waals surface area (Å²) in [5.41, 5.74) is 3.09. The Morgan fingerprint density at radius 2 is 2.00 bits per heavy atom. The highest BCUT2D eigenvalue weighted by atomic mass is 35.5. The van der Waals surface area contributed by atoms with Crippen molar-refractivity contribution < 1.29 is 0 Å². The third kappa shape index (κ3) is 3.77. The van der Waals surface area contributed by atoms with Crippen molar-refractivity contribution in [2.45, 2.75) is 6.92 Å². The fraction of sp³-hybridized carbons (Fsp3) is 0.188. The van der Waals surface area contributed by atoms with Crippen molar-refractivity contribution >= 4 is 63.2 Å². The minimum absolute atomic E-state index is 0. The van der Waals surface area contributed by atoms with Crippen molar-refractivity contribution in [1.82, 2.24) is 15.3 Å². The molecule has 0 radical (unpaired) electrons. The van der Waals surface area contributed by atoms with E-state index >= 15 is 0 Å². The Bertz CT molecular complexity index is 878. The molecule has 0 saturated carbocycles. The molecule has 24 heavy (non-hydrogen) atoms. The quantitative estimate of drug-likeness (QED) is 0.721. The summed E-state index contributed by atoms with van der Waals surface area (Å²) in [4.78, 5) is 13.5. The zero-order valence-electron chi connectivity index (χ0n) is 12.9. The zero-order chi connectivity index (χ0) is 14.9. The number of rotatable bonds is 3. The average Bonchev–Trinajstić information content (AvgIpc) is 3.15. The monoisotopic (exact) mass is 381 g/mol. The molecule has 3 heterocycles. The normalized spacial score (nSPS) is 12.8. The van der Waals surface area contributed by atoms with Crippen molar-refractivity contribution in [3.63, 3.8) is 0 Å². The largest absolute Gasteiger partial charge is 0.368 e. The lowest BCUT2D eigenvalue weighted by Crippen LogP contribution is -2.19. The first-order valence-electron chi connectivity index (χ1n) is 7.18. The number of hydrogen-bond donors (Lipinski definition) is 2. The van der Waals surface area contributed by atoms with Gasteiger partial charge in [0.25, 0.3) is 0 Å². The fourth-order valence-electron chi connectivity index (χ4n) is 2.44. The van der Waals surface area contributed by atoms with Crippen LogP contribution >= 0.6 is 36.2 Å². The molecule has 8 heteroatoms. The van der Waals surface area contributed by atoms with Gasteiger partial charge in [-0.15, -0.1) is 24.8 Å². The van der Waals surface area contributed by atoms with Crippen molar-refractivity contribution in [3.05, 3.63) is 47.7 Å². The molecule has 126 valence electrons. The lowest BCUT2D eigenvalue weighted by molar-refractivity contribution is 0.960. The summed E-state index contributed by atoms with van der Waals surface area (Å²) in [5.74, 6) is 1.80. The zero-order valence-corrected chi connectivity index (χ0v) is 15.4. The van der Waals surface area contributed by atoms with E-state index in [0.717, 1.165) is 51.3 Å². The second-order valence-electron chi connectivity index (χ2n) is 5.15. The molecule has 1 aliphatic heterocycles. The number of fused-ring (bicyclic) bond motifs is 1. The first kappa shape index (κ1) is 18.4. The van der Waals surface area contributed by atoms with Gasteiger partial charge in [-0.1, -0.05) is 17.4 Å². The van der Waals surface area contributed by atoms with Gasteiger partial charge in [-0.05, 0) is 37.3 Å². The van der Waals surface area contributed by atoms with Crippen LogP contribution in [0.4, 0.5) is 10.9 Å². The summed E-state index contributed by atoms with van der Waals surface area (Å²) >= 11 is 1.63. The summed E-state index contributed by atoms with van der Waals surface area (Å²) < 4.78 is 1.14. The fourth-order valence-corrected chi connectivity index (χ4v) is 3.35. The smallest absolute Gasteiger partial charge is 0.189 e. The summed E-state index contributed by atoms with van der Waals surface area (Å²) in [6.45, 7) is 3.74. The van der Waals surface area contributed by atoms with Crippen molar-refractivity contribution in [3.8, 4) is 0 Å². The number of aryl methyl sites for hydroxylation is 1. The number of hydrogen-bond acceptors (Lipinski definition) is 6. The predicted molar refractivity (Wildman–Crippen MR) is 106 cm³/mol. The second kappa shape index (κ2) is 7.79. The van der Waals surface area contributed by atoms with Crippen molar-refractivity contribution in [1.29, 1.82) is 0 Å². The Balaban J connectivity index is 0.00000104. The number of pyridine rings is 1. The first-order chi connectivity index (χ1) is 10.8. The minimum atomic E-state index is 0. The SMILES string of the molecule is Cc1cccc(Nc2nc3ccc(C4=NCCN4)cc3s2)n1.Cl.Cl. The molecule has 2 N–H and O–H groups in total. The number of nitrogens with zero attached hydrogens (tertiary/aromatic N) is 3. The summed E-state index contributed by atoms with van der Waals surface area (Å²) in [7, 11) is 0. The van der Waals surface area contributed by atoms with Gasteiger partial charge in [0.2, 0.25) is 0 Å². The molecule has 0 aliphatic carbocycles. The van der Waals surface area contributed by atoms with Gasteiger partial charge in [-0.25, -0.2) is 9.97 Å². The van der Waals surface area contributed by atoms with E-state index in [1.807, 2.05) is 31.2 Å². The Morgan fingerprint density at radius 3 is 2.75 bits per heavy atom. The second-order valence-corrected chi connectivity index (χ2v) is 6.18. The molecule has 0 atom stereocenters. The van der Waals surface area contributed by atoms with Gasteiger partial charge in [0.15, 0.2) is 5.13 Å². The minimum Gasteiger partial charge on any atom is -0.368 e. The number of thiazole rings is 1. The van der Waals surface area contributed by atoms with Gasteiger partial charge >= 0.3 is 0 Å². The highest BCUT2D eigenvalue weighted by molar-refractivity contribution is 7.22. The number of aliphatic imine (C=N–C) groups is 1. The van der Waals surface area contributed by atoms with Crippen LogP contribution in [-0.2, 0) is 0 Å². The third-order valence-corrected chi connectivity index (χ3v) is 4.39. The molecule has 4 rings (SSSR count). The number of nitrogens with one attached hydrogen (secondary N) is 2. The highest BCUT2D eigenvalue weighted by Gasteiger charge is 2.11. The Hall–Kier alpha value is -1.89. The van der Waals surface area contributed by atoms with Gasteiger partial charge < -0.3 is 10.6 Å². The molecule has 0 fully saturated rings. The Morgan fingerprint density at radius 1 is 1.12 bits per heavy atom. The van der Waals surface area contributed by atoms with E-state index in [9.17, 15) is 0 Å². The maximum atomic E-state index is 4.61. The molecule has 0 amide bonds. The van der Waals surface area contributed by atoms with Crippen LogP contribution in [0.2, 0.25) is 0 Å². The molecule has 5 nitrogen and oxygen atoms in total. The molecule has 0 spiro atoms. The van der Waals surface area contributed by atoms with Crippen LogP contribution in [-0.4, -0.2) is 28.9 Å². The van der Waals surface area contributed by atoms with E-state index in [-0.39, 0.29) is 24.8 Å². The van der Waals surface area contributed by atoms with E-state index in [2.05, 4.69) is 37.7 Å². The molecule has 0 saturated heterocycles. The number of benzene rings is 1. The Labute approximate surface area is 156 Å². The van der Waals surface area contributed by atoms with Crippen molar-refractivity contribution in [2.75, 3.05) is 18.4 Å². The molecule has 3 aromatic rings. The topological polar surface area (TPSA) is 62.2 Å². The van der Waals surface area contributed by atoms with Crippen LogP contribution in [0.5, 0.6) is 0 Å². The van der Waals surface area contributed by atoms with Gasteiger partial charge in [-0.3, -0.25) is 4.99 Å². The van der Waals surface area contributed by atoms with Gasteiger partial charge in [0, 0.05) is 17.8 Å². The van der Waals surface area contributed by atoms with Crippen LogP contribution in [0.25, 0.3) is 10.2 Å². The van der Waals surface area contributed by atoms with Crippen LogP contribution in [0.3, 0.4) is 0 Å². The van der Waals surface area contributed by atoms with E-state index in [1.54, 1.807) is 11.3 Å². The Kier molecular flexibility index (Phi) is 5.99. The molecule has 1 aliphatic rings. The number of amidine groups is 1. The van der Waals surface area contributed by atoms with Gasteiger partial charge in [0.05, 0.1) is 16.8 Å². The van der Waals surface area contributed by atoms with Gasteiger partial charge in [-0.2, -0.15) is 0 Å². The molecule has 0 unspecified atom stereocenters. The third-order valence-electron chi connectivity index (χ3n) is 3.46. The summed E-state index contributed by atoms with van der Waals surface area (Å²) in [6.07, 6.45) is 0. The maximum absolute atomic E-state index is 4.61. The van der Waals surface area contributed by atoms with E-state index < -0.39 is 0 Å². The highest BCUT2D eigenvalue weighted by Crippen LogP contribution is 2.28. The maximum Gasteiger partial charge on any atom is 0.189 e.